The molecule has 3 rings (SSSR count). The minimum Gasteiger partial charge on any atom is -0.496 e. The molecular weight excluding hydrogens is 293 g/mol. The van der Waals surface area contributed by atoms with Crippen LogP contribution in [0.15, 0.2) is 48.5 Å². The first kappa shape index (κ1) is 15.5. The molecule has 2 aromatic carbocycles. The van der Waals surface area contributed by atoms with Crippen LogP contribution < -0.4 is 10.1 Å². The van der Waals surface area contributed by atoms with Crippen LogP contribution in [-0.2, 0) is 11.3 Å². The number of para-hydroxylation sites is 1. The molecule has 0 bridgehead atoms. The third kappa shape index (κ3) is 3.70. The smallest absolute Gasteiger partial charge is 0.228 e. The van der Waals surface area contributed by atoms with E-state index in [0.717, 1.165) is 29.7 Å². The van der Waals surface area contributed by atoms with E-state index in [2.05, 4.69) is 5.32 Å². The maximum atomic E-state index is 13.1. The summed E-state index contributed by atoms with van der Waals surface area (Å²) >= 11 is 0. The van der Waals surface area contributed by atoms with Gasteiger partial charge in [-0.3, -0.25) is 4.79 Å². The standard InChI is InChI=1S/C19H20FNO2/c1-23-17-5-3-2-4-15(17)12-21-19(22)18(13-6-7-13)14-8-10-16(20)11-9-14/h2-5,8-11,13,18H,6-7,12H2,1H3,(H,21,22). The molecule has 1 aliphatic carbocycles. The second-order valence-electron chi connectivity index (χ2n) is 5.90. The molecular formula is C19H20FNO2. The molecule has 23 heavy (non-hydrogen) atoms. The molecule has 0 radical (unpaired) electrons. The predicted molar refractivity (Wildman–Crippen MR) is 86.7 cm³/mol. The Morgan fingerprint density at radius 1 is 1.22 bits per heavy atom. The fourth-order valence-electron chi connectivity index (χ4n) is 2.88. The summed E-state index contributed by atoms with van der Waals surface area (Å²) in [5.74, 6) is 0.628. The molecule has 1 fully saturated rings. The van der Waals surface area contributed by atoms with Gasteiger partial charge in [0.05, 0.1) is 13.0 Å². The molecule has 0 aliphatic heterocycles. The Hall–Kier alpha value is -2.36. The van der Waals surface area contributed by atoms with Gasteiger partial charge in [0, 0.05) is 12.1 Å². The van der Waals surface area contributed by atoms with Crippen molar-refractivity contribution in [3.05, 3.63) is 65.5 Å². The third-order valence-electron chi connectivity index (χ3n) is 4.25. The third-order valence-corrected chi connectivity index (χ3v) is 4.25. The molecule has 1 atom stereocenters. The highest BCUT2D eigenvalue weighted by Gasteiger charge is 2.37. The van der Waals surface area contributed by atoms with E-state index in [4.69, 9.17) is 4.74 Å². The topological polar surface area (TPSA) is 38.3 Å². The van der Waals surface area contributed by atoms with E-state index >= 15 is 0 Å². The number of benzene rings is 2. The van der Waals surface area contributed by atoms with Crippen molar-refractivity contribution in [1.29, 1.82) is 0 Å². The molecule has 1 unspecified atom stereocenters. The van der Waals surface area contributed by atoms with Crippen LogP contribution in [0.25, 0.3) is 0 Å². The lowest BCUT2D eigenvalue weighted by Gasteiger charge is -2.17. The van der Waals surface area contributed by atoms with E-state index in [0.29, 0.717) is 12.5 Å². The molecule has 1 saturated carbocycles. The second kappa shape index (κ2) is 6.82. The molecule has 0 aromatic heterocycles. The number of hydrogen-bond donors (Lipinski definition) is 1. The van der Waals surface area contributed by atoms with E-state index in [1.54, 1.807) is 19.2 Å². The fraction of sp³-hybridized carbons (Fsp3) is 0.316. The number of amides is 1. The van der Waals surface area contributed by atoms with Gasteiger partial charge >= 0.3 is 0 Å². The minimum atomic E-state index is -0.280. The van der Waals surface area contributed by atoms with Crippen molar-refractivity contribution in [2.45, 2.75) is 25.3 Å². The largest absolute Gasteiger partial charge is 0.496 e. The summed E-state index contributed by atoms with van der Waals surface area (Å²) in [6.07, 6.45) is 2.09. The molecule has 1 N–H and O–H groups in total. The second-order valence-corrected chi connectivity index (χ2v) is 5.90. The van der Waals surface area contributed by atoms with Crippen molar-refractivity contribution in [2.24, 2.45) is 5.92 Å². The predicted octanol–water partition coefficient (Wildman–Crippen LogP) is 3.64. The van der Waals surface area contributed by atoms with Crippen LogP contribution >= 0.6 is 0 Å². The van der Waals surface area contributed by atoms with Gasteiger partial charge in [0.1, 0.15) is 11.6 Å². The molecule has 0 heterocycles. The van der Waals surface area contributed by atoms with Gasteiger partial charge in [-0.15, -0.1) is 0 Å². The number of halogens is 1. The van der Waals surface area contributed by atoms with Crippen LogP contribution in [0, 0.1) is 11.7 Å². The van der Waals surface area contributed by atoms with Crippen molar-refractivity contribution >= 4 is 5.91 Å². The highest BCUT2D eigenvalue weighted by atomic mass is 19.1. The lowest BCUT2D eigenvalue weighted by molar-refractivity contribution is -0.123. The lowest BCUT2D eigenvalue weighted by atomic mass is 9.93. The van der Waals surface area contributed by atoms with Gasteiger partial charge in [-0.1, -0.05) is 30.3 Å². The molecule has 1 aliphatic rings. The molecule has 0 saturated heterocycles. The molecule has 2 aromatic rings. The van der Waals surface area contributed by atoms with Crippen molar-refractivity contribution < 1.29 is 13.9 Å². The van der Waals surface area contributed by atoms with Crippen molar-refractivity contribution in [3.8, 4) is 5.75 Å². The maximum Gasteiger partial charge on any atom is 0.228 e. The van der Waals surface area contributed by atoms with E-state index < -0.39 is 0 Å². The summed E-state index contributed by atoms with van der Waals surface area (Å²) in [6.45, 7) is 0.424. The van der Waals surface area contributed by atoms with Crippen LogP contribution in [0.1, 0.15) is 29.9 Å². The number of ether oxygens (including phenoxy) is 1. The monoisotopic (exact) mass is 313 g/mol. The summed E-state index contributed by atoms with van der Waals surface area (Å²) < 4.78 is 18.4. The number of methoxy groups -OCH3 is 1. The minimum absolute atomic E-state index is 0.00925. The van der Waals surface area contributed by atoms with Crippen molar-refractivity contribution in [1.82, 2.24) is 5.32 Å². The summed E-state index contributed by atoms with van der Waals surface area (Å²) in [4.78, 5) is 12.6. The Bertz CT molecular complexity index is 680. The normalized spacial score (nSPS) is 15.0. The number of carbonyl (C=O) groups excluding carboxylic acids is 1. The summed E-state index contributed by atoms with van der Waals surface area (Å²) in [6, 6.07) is 13.9. The van der Waals surface area contributed by atoms with E-state index in [-0.39, 0.29) is 17.6 Å². The maximum absolute atomic E-state index is 13.1. The average Bonchev–Trinajstić information content (AvgIpc) is 3.40. The summed E-state index contributed by atoms with van der Waals surface area (Å²) in [7, 11) is 1.62. The van der Waals surface area contributed by atoms with Crippen LogP contribution in [0.5, 0.6) is 5.75 Å². The summed E-state index contributed by atoms with van der Waals surface area (Å²) in [5, 5.41) is 3.00. The molecule has 4 heteroatoms. The highest BCUT2D eigenvalue weighted by Crippen LogP contribution is 2.42. The zero-order valence-corrected chi connectivity index (χ0v) is 13.1. The number of nitrogens with one attached hydrogen (secondary N) is 1. The number of hydrogen-bond acceptors (Lipinski definition) is 2. The highest BCUT2D eigenvalue weighted by molar-refractivity contribution is 5.84. The van der Waals surface area contributed by atoms with Gasteiger partial charge in [0.2, 0.25) is 5.91 Å². The SMILES string of the molecule is COc1ccccc1CNC(=O)C(c1ccc(F)cc1)C1CC1. The van der Waals surface area contributed by atoms with Gasteiger partial charge in [-0.25, -0.2) is 4.39 Å². The average molecular weight is 313 g/mol. The first-order valence-corrected chi connectivity index (χ1v) is 7.84. The first-order valence-electron chi connectivity index (χ1n) is 7.84. The molecule has 1 amide bonds. The van der Waals surface area contributed by atoms with E-state index in [9.17, 15) is 9.18 Å². The number of carbonyl (C=O) groups is 1. The van der Waals surface area contributed by atoms with Gasteiger partial charge in [-0.05, 0) is 42.5 Å². The van der Waals surface area contributed by atoms with Gasteiger partial charge in [0.25, 0.3) is 0 Å². The Kier molecular flexibility index (Phi) is 4.60. The Morgan fingerprint density at radius 3 is 2.57 bits per heavy atom. The van der Waals surface area contributed by atoms with Crippen molar-refractivity contribution in [2.75, 3.05) is 7.11 Å². The lowest BCUT2D eigenvalue weighted by Crippen LogP contribution is -2.30. The Labute approximate surface area is 135 Å². The zero-order valence-electron chi connectivity index (χ0n) is 13.1. The van der Waals surface area contributed by atoms with Gasteiger partial charge < -0.3 is 10.1 Å². The molecule has 120 valence electrons. The fourth-order valence-corrected chi connectivity index (χ4v) is 2.88. The Morgan fingerprint density at radius 2 is 1.91 bits per heavy atom. The van der Waals surface area contributed by atoms with E-state index in [1.807, 2.05) is 24.3 Å². The quantitative estimate of drug-likeness (QED) is 0.884. The first-order chi connectivity index (χ1) is 11.2. The van der Waals surface area contributed by atoms with Crippen molar-refractivity contribution in [3.63, 3.8) is 0 Å². The van der Waals surface area contributed by atoms with Gasteiger partial charge in [0.15, 0.2) is 0 Å². The van der Waals surface area contributed by atoms with Gasteiger partial charge in [-0.2, -0.15) is 0 Å². The zero-order chi connectivity index (χ0) is 16.2. The van der Waals surface area contributed by atoms with E-state index in [1.165, 1.54) is 12.1 Å². The molecule has 3 nitrogen and oxygen atoms in total. The van der Waals surface area contributed by atoms with Crippen LogP contribution in [0.3, 0.4) is 0 Å². The Balaban J connectivity index is 1.71. The van der Waals surface area contributed by atoms with Crippen LogP contribution in [0.2, 0.25) is 0 Å². The summed E-state index contributed by atoms with van der Waals surface area (Å²) in [5.41, 5.74) is 1.82. The van der Waals surface area contributed by atoms with Crippen LogP contribution in [-0.4, -0.2) is 13.0 Å². The number of rotatable bonds is 6. The molecule has 0 spiro atoms. The van der Waals surface area contributed by atoms with Crippen LogP contribution in [0.4, 0.5) is 4.39 Å².